The molecule has 0 amide bonds. The van der Waals surface area contributed by atoms with Crippen molar-refractivity contribution in [3.63, 3.8) is 0 Å². The molecule has 0 saturated carbocycles. The van der Waals surface area contributed by atoms with Crippen LogP contribution in [0.3, 0.4) is 0 Å². The van der Waals surface area contributed by atoms with Crippen LogP contribution in [0.1, 0.15) is 6.92 Å². The van der Waals surface area contributed by atoms with Crippen LogP contribution in [-0.2, 0) is 19.9 Å². The standard InChI is InChI=1S/C10H16N2O4S2/c1-8(7-11)18(15,16)12-9-3-5-10(6-4-9)17(2,13)14/h3-6,8,12H,7,11H2,1-2H3. The van der Waals surface area contributed by atoms with Crippen molar-refractivity contribution < 1.29 is 16.8 Å². The van der Waals surface area contributed by atoms with Gasteiger partial charge in [0.05, 0.1) is 10.1 Å². The Morgan fingerprint density at radius 2 is 1.67 bits per heavy atom. The largest absolute Gasteiger partial charge is 0.329 e. The zero-order valence-corrected chi connectivity index (χ0v) is 11.8. The molecule has 6 nitrogen and oxygen atoms in total. The molecule has 0 radical (unpaired) electrons. The molecule has 0 heterocycles. The van der Waals surface area contributed by atoms with Gasteiger partial charge in [-0.2, -0.15) is 0 Å². The van der Waals surface area contributed by atoms with Crippen molar-refractivity contribution in [3.8, 4) is 0 Å². The Balaban J connectivity index is 2.95. The highest BCUT2D eigenvalue weighted by molar-refractivity contribution is 7.93. The highest BCUT2D eigenvalue weighted by atomic mass is 32.2. The van der Waals surface area contributed by atoms with Crippen LogP contribution in [-0.4, -0.2) is 34.9 Å². The number of rotatable bonds is 5. The summed E-state index contributed by atoms with van der Waals surface area (Å²) in [5.74, 6) is 0. The van der Waals surface area contributed by atoms with E-state index in [4.69, 9.17) is 5.73 Å². The van der Waals surface area contributed by atoms with Gasteiger partial charge in [0.1, 0.15) is 0 Å². The zero-order chi connectivity index (χ0) is 14.0. The summed E-state index contributed by atoms with van der Waals surface area (Å²) in [6.45, 7) is 1.50. The molecule has 1 rings (SSSR count). The van der Waals surface area contributed by atoms with Gasteiger partial charge in [0.15, 0.2) is 9.84 Å². The van der Waals surface area contributed by atoms with E-state index in [1.165, 1.54) is 31.2 Å². The lowest BCUT2D eigenvalue weighted by Gasteiger charge is -2.12. The van der Waals surface area contributed by atoms with Gasteiger partial charge in [-0.15, -0.1) is 0 Å². The van der Waals surface area contributed by atoms with Gasteiger partial charge < -0.3 is 5.73 Å². The first kappa shape index (κ1) is 14.9. The van der Waals surface area contributed by atoms with Crippen LogP contribution >= 0.6 is 0 Å². The molecule has 0 aliphatic heterocycles. The Labute approximate surface area is 107 Å². The molecule has 0 saturated heterocycles. The Morgan fingerprint density at radius 3 is 2.06 bits per heavy atom. The Kier molecular flexibility index (Phi) is 4.36. The first-order valence-electron chi connectivity index (χ1n) is 5.18. The SMILES string of the molecule is CC(CN)S(=O)(=O)Nc1ccc(S(C)(=O)=O)cc1. The third-order valence-electron chi connectivity index (χ3n) is 2.40. The van der Waals surface area contributed by atoms with Crippen LogP contribution in [0.4, 0.5) is 5.69 Å². The highest BCUT2D eigenvalue weighted by Crippen LogP contribution is 2.16. The van der Waals surface area contributed by atoms with Gasteiger partial charge >= 0.3 is 0 Å². The first-order valence-corrected chi connectivity index (χ1v) is 8.62. The lowest BCUT2D eigenvalue weighted by Crippen LogP contribution is -2.31. The summed E-state index contributed by atoms with van der Waals surface area (Å²) in [5, 5.41) is -0.716. The van der Waals surface area contributed by atoms with Crippen LogP contribution in [0.2, 0.25) is 0 Å². The Bertz CT molecular complexity index is 606. The quantitative estimate of drug-likeness (QED) is 0.805. The Morgan fingerprint density at radius 1 is 1.17 bits per heavy atom. The lowest BCUT2D eigenvalue weighted by atomic mass is 10.3. The normalized spacial score (nSPS) is 14.2. The fourth-order valence-corrected chi connectivity index (χ4v) is 2.71. The molecule has 1 atom stereocenters. The monoisotopic (exact) mass is 292 g/mol. The number of hydrogen-bond donors (Lipinski definition) is 2. The van der Waals surface area contributed by atoms with Gasteiger partial charge in [-0.05, 0) is 31.2 Å². The van der Waals surface area contributed by atoms with Crippen molar-refractivity contribution in [2.75, 3.05) is 17.5 Å². The van der Waals surface area contributed by atoms with Crippen molar-refractivity contribution in [2.45, 2.75) is 17.1 Å². The fraction of sp³-hybridized carbons (Fsp3) is 0.400. The van der Waals surface area contributed by atoms with Gasteiger partial charge in [0, 0.05) is 18.5 Å². The van der Waals surface area contributed by atoms with E-state index in [9.17, 15) is 16.8 Å². The van der Waals surface area contributed by atoms with E-state index in [2.05, 4.69) is 4.72 Å². The minimum atomic E-state index is -3.54. The minimum Gasteiger partial charge on any atom is -0.329 e. The lowest BCUT2D eigenvalue weighted by molar-refractivity contribution is 0.589. The van der Waals surface area contributed by atoms with Gasteiger partial charge in [-0.1, -0.05) is 0 Å². The van der Waals surface area contributed by atoms with Crippen LogP contribution < -0.4 is 10.5 Å². The molecule has 0 aromatic heterocycles. The molecule has 0 aliphatic rings. The molecule has 102 valence electrons. The Hall–Kier alpha value is -1.12. The van der Waals surface area contributed by atoms with Gasteiger partial charge in [-0.25, -0.2) is 16.8 Å². The van der Waals surface area contributed by atoms with Gasteiger partial charge in [-0.3, -0.25) is 4.72 Å². The third kappa shape index (κ3) is 3.69. The number of anilines is 1. The van der Waals surface area contributed by atoms with E-state index in [-0.39, 0.29) is 11.4 Å². The molecule has 0 bridgehead atoms. The molecule has 1 aromatic carbocycles. The van der Waals surface area contributed by atoms with Crippen molar-refractivity contribution >= 4 is 25.5 Å². The third-order valence-corrected chi connectivity index (χ3v) is 5.30. The zero-order valence-electron chi connectivity index (χ0n) is 10.1. The molecule has 1 aromatic rings. The number of sulfone groups is 1. The van der Waals surface area contributed by atoms with Crippen molar-refractivity contribution in [2.24, 2.45) is 5.73 Å². The summed E-state index contributed by atoms with van der Waals surface area (Å²) in [6, 6.07) is 5.49. The van der Waals surface area contributed by atoms with E-state index < -0.39 is 25.1 Å². The second-order valence-electron chi connectivity index (χ2n) is 3.99. The summed E-state index contributed by atoms with van der Waals surface area (Å²) in [6.07, 6.45) is 1.09. The average Bonchev–Trinajstić information content (AvgIpc) is 2.26. The van der Waals surface area contributed by atoms with E-state index in [1.807, 2.05) is 0 Å². The van der Waals surface area contributed by atoms with E-state index in [0.29, 0.717) is 5.69 Å². The molecule has 0 aliphatic carbocycles. The number of hydrogen-bond acceptors (Lipinski definition) is 5. The highest BCUT2D eigenvalue weighted by Gasteiger charge is 2.19. The first-order chi connectivity index (χ1) is 8.16. The molecule has 8 heteroatoms. The van der Waals surface area contributed by atoms with E-state index in [1.54, 1.807) is 0 Å². The number of sulfonamides is 1. The maximum atomic E-state index is 11.7. The molecule has 0 fully saturated rings. The number of benzene rings is 1. The second-order valence-corrected chi connectivity index (χ2v) is 8.10. The maximum absolute atomic E-state index is 11.7. The summed E-state index contributed by atoms with van der Waals surface area (Å²) in [7, 11) is -6.82. The molecule has 3 N–H and O–H groups in total. The summed E-state index contributed by atoms with van der Waals surface area (Å²) in [5.41, 5.74) is 5.60. The predicted molar refractivity (Wildman–Crippen MR) is 70.6 cm³/mol. The average molecular weight is 292 g/mol. The number of nitrogens with one attached hydrogen (secondary N) is 1. The second kappa shape index (κ2) is 5.25. The van der Waals surface area contributed by atoms with Crippen LogP contribution in [0.15, 0.2) is 29.2 Å². The van der Waals surface area contributed by atoms with Gasteiger partial charge in [0.2, 0.25) is 10.0 Å². The molecule has 0 spiro atoms. The van der Waals surface area contributed by atoms with Crippen LogP contribution in [0.25, 0.3) is 0 Å². The van der Waals surface area contributed by atoms with Crippen molar-refractivity contribution in [1.29, 1.82) is 0 Å². The van der Waals surface area contributed by atoms with Crippen molar-refractivity contribution in [3.05, 3.63) is 24.3 Å². The van der Waals surface area contributed by atoms with Gasteiger partial charge in [0.25, 0.3) is 0 Å². The van der Waals surface area contributed by atoms with Crippen molar-refractivity contribution in [1.82, 2.24) is 0 Å². The summed E-state index contributed by atoms with van der Waals surface area (Å²) >= 11 is 0. The molecular weight excluding hydrogens is 276 g/mol. The minimum absolute atomic E-state index is 0.0107. The molecule has 1 unspecified atom stereocenters. The van der Waals surface area contributed by atoms with Crippen LogP contribution in [0.5, 0.6) is 0 Å². The van der Waals surface area contributed by atoms with E-state index >= 15 is 0 Å². The molecular formula is C10H16N2O4S2. The maximum Gasteiger partial charge on any atom is 0.236 e. The van der Waals surface area contributed by atoms with E-state index in [0.717, 1.165) is 6.26 Å². The smallest absolute Gasteiger partial charge is 0.236 e. The number of nitrogens with two attached hydrogens (primary N) is 1. The van der Waals surface area contributed by atoms with Crippen LogP contribution in [0, 0.1) is 0 Å². The topological polar surface area (TPSA) is 106 Å². The fourth-order valence-electron chi connectivity index (χ4n) is 1.16. The summed E-state index contributed by atoms with van der Waals surface area (Å²) < 4.78 is 48.2. The predicted octanol–water partition coefficient (Wildman–Crippen LogP) is 0.179. The molecule has 18 heavy (non-hydrogen) atoms. The summed E-state index contributed by atoms with van der Waals surface area (Å²) in [4.78, 5) is 0.136.